The summed E-state index contributed by atoms with van der Waals surface area (Å²) in [5, 5.41) is 5.31. The minimum absolute atomic E-state index is 0.124. The van der Waals surface area contributed by atoms with Crippen molar-refractivity contribution in [1.29, 1.82) is 0 Å². The maximum absolute atomic E-state index is 13.8. The molecule has 14 nitrogen and oxygen atoms in total. The van der Waals surface area contributed by atoms with Crippen LogP contribution in [0, 0.1) is 46.9 Å². The molecule has 1 aromatic carbocycles. The van der Waals surface area contributed by atoms with Gasteiger partial charge in [0.25, 0.3) is 0 Å². The van der Waals surface area contributed by atoms with Gasteiger partial charge in [-0.05, 0) is 72.0 Å². The number of aromatic nitrogens is 4. The number of aromatic amines is 2. The highest BCUT2D eigenvalue weighted by atomic mass is 16.5. The number of hydrogen-bond acceptors (Lipinski definition) is 8. The number of likely N-dealkylation sites (tertiary alicyclic amines) is 2. The summed E-state index contributed by atoms with van der Waals surface area (Å²) in [5.74, 6) is 11.8. The number of benzene rings is 1. The molecule has 4 amide bonds. The van der Waals surface area contributed by atoms with Crippen LogP contribution in [0.2, 0.25) is 0 Å². The van der Waals surface area contributed by atoms with Crippen LogP contribution in [0.4, 0.5) is 9.59 Å². The molecule has 3 aromatic rings. The molecule has 2 fully saturated rings. The Bertz CT molecular complexity index is 2200. The van der Waals surface area contributed by atoms with E-state index in [4.69, 9.17) is 15.0 Å². The molecule has 2 aromatic heterocycles. The van der Waals surface area contributed by atoms with Gasteiger partial charge in [0.2, 0.25) is 11.8 Å². The molecule has 6 atom stereocenters. The highest BCUT2D eigenvalue weighted by Gasteiger charge is 2.43. The van der Waals surface area contributed by atoms with Gasteiger partial charge in [-0.2, -0.15) is 0 Å². The van der Waals surface area contributed by atoms with Gasteiger partial charge in [-0.1, -0.05) is 60.3 Å². The van der Waals surface area contributed by atoms with E-state index < -0.39 is 41.8 Å². The number of imidazole rings is 2. The lowest BCUT2D eigenvalue weighted by Crippen LogP contribution is -2.54. The van der Waals surface area contributed by atoms with Gasteiger partial charge < -0.3 is 39.9 Å². The van der Waals surface area contributed by atoms with Gasteiger partial charge in [0, 0.05) is 24.2 Å². The van der Waals surface area contributed by atoms with Crippen molar-refractivity contribution in [2.75, 3.05) is 27.3 Å². The SMILES string of the molecule is [2H]c1c([2H])c(C#Cc2cnc([C@@H]3C[C@H](C)CN3C(=O)[C@@H](NC(=O)OC)C(C)(C)C)[nH]2)c([2H])c([2H])c1C#Cc1cnc([C@@H]2C[C@H](C)CN2C(=O)[C@@H](NC(=O)OC)C(C)C)[nH]1. The molecular formula is C41H52N8O6. The standard InChI is InChI=1S/C41H52N8O6/c1-24(2)33(46-39(52)54-8)37(50)48-22-25(3)18-31(48)35-42-20-29(44-35)16-14-27-10-12-28(13-11-27)15-17-30-21-43-36(45-30)32-19-26(4)23-49(32)38(51)34(41(5,6)7)47-40(53)55-9/h10-13,20-21,24-26,31-34H,18-19,22-23H2,1-9H3,(H,42,44)(H,43,45)(H,46,52)(H,47,53)/t25-,26-,31-,32-,33-,34+/m0/s1/i10D,11D,12D,13D. The number of methoxy groups -OCH3 is 2. The summed E-state index contributed by atoms with van der Waals surface area (Å²) in [6.45, 7) is 14.2. The van der Waals surface area contributed by atoms with Gasteiger partial charge in [-0.3, -0.25) is 9.59 Å². The van der Waals surface area contributed by atoms with Crippen LogP contribution >= 0.6 is 0 Å². The van der Waals surface area contributed by atoms with Crippen LogP contribution in [0.3, 0.4) is 0 Å². The van der Waals surface area contributed by atoms with Crippen molar-refractivity contribution in [3.8, 4) is 23.7 Å². The third-order valence-corrected chi connectivity index (χ3v) is 9.63. The van der Waals surface area contributed by atoms with Crippen molar-refractivity contribution in [2.24, 2.45) is 23.2 Å². The summed E-state index contributed by atoms with van der Waals surface area (Å²) in [7, 11) is 2.48. The molecule has 0 bridgehead atoms. The van der Waals surface area contributed by atoms with E-state index >= 15 is 0 Å². The van der Waals surface area contributed by atoms with E-state index in [0.717, 1.165) is 0 Å². The molecule has 5 rings (SSSR count). The number of rotatable bonds is 7. The van der Waals surface area contributed by atoms with Crippen LogP contribution in [-0.2, 0) is 19.1 Å². The second-order valence-corrected chi connectivity index (χ2v) is 15.6. The zero-order valence-electron chi connectivity index (χ0n) is 36.8. The van der Waals surface area contributed by atoms with E-state index in [1.54, 1.807) is 9.80 Å². The number of nitrogens with one attached hydrogen (secondary N) is 4. The molecule has 0 spiro atoms. The molecule has 292 valence electrons. The second-order valence-electron chi connectivity index (χ2n) is 15.6. The predicted octanol–water partition coefficient (Wildman–Crippen LogP) is 4.90. The number of carbonyl (C=O) groups excluding carboxylic acids is 4. The molecule has 0 saturated carbocycles. The van der Waals surface area contributed by atoms with Crippen molar-refractivity contribution >= 4 is 24.0 Å². The average molecular weight is 757 g/mol. The van der Waals surface area contributed by atoms with Crippen molar-refractivity contribution < 1.29 is 34.1 Å². The Morgan fingerprint density at radius 3 is 1.64 bits per heavy atom. The van der Waals surface area contributed by atoms with Gasteiger partial charge in [-0.25, -0.2) is 19.6 Å². The van der Waals surface area contributed by atoms with E-state index in [1.165, 1.54) is 26.6 Å². The Balaban J connectivity index is 1.35. The zero-order chi connectivity index (χ0) is 43.5. The van der Waals surface area contributed by atoms with Gasteiger partial charge in [-0.15, -0.1) is 0 Å². The van der Waals surface area contributed by atoms with Gasteiger partial charge >= 0.3 is 12.2 Å². The molecule has 0 unspecified atom stereocenters. The Labute approximate surface area is 328 Å². The lowest BCUT2D eigenvalue weighted by Gasteiger charge is -2.35. The number of ether oxygens (including phenoxy) is 2. The molecule has 14 heteroatoms. The fourth-order valence-corrected chi connectivity index (χ4v) is 6.80. The van der Waals surface area contributed by atoms with Crippen LogP contribution in [0.1, 0.15) is 113 Å². The lowest BCUT2D eigenvalue weighted by molar-refractivity contribution is -0.137. The van der Waals surface area contributed by atoms with E-state index in [1.807, 2.05) is 48.5 Å². The third-order valence-electron chi connectivity index (χ3n) is 9.63. The van der Waals surface area contributed by atoms with E-state index in [9.17, 15) is 19.2 Å². The fraction of sp³-hybridized carbons (Fsp3) is 0.512. The molecule has 4 heterocycles. The Kier molecular flexibility index (Phi) is 10.9. The van der Waals surface area contributed by atoms with E-state index in [0.29, 0.717) is 49.0 Å². The van der Waals surface area contributed by atoms with Crippen LogP contribution in [0.25, 0.3) is 0 Å². The van der Waals surface area contributed by atoms with Crippen molar-refractivity contribution in [3.63, 3.8) is 0 Å². The quantitative estimate of drug-likeness (QED) is 0.246. The first-order chi connectivity index (χ1) is 27.7. The Hall–Kier alpha value is -5.76. The number of amides is 4. The largest absolute Gasteiger partial charge is 0.453 e. The normalized spacial score (nSPS) is 21.5. The van der Waals surface area contributed by atoms with Crippen LogP contribution in [-0.4, -0.2) is 93.1 Å². The Morgan fingerprint density at radius 1 is 0.782 bits per heavy atom. The minimum Gasteiger partial charge on any atom is -0.453 e. The predicted molar refractivity (Wildman–Crippen MR) is 205 cm³/mol. The summed E-state index contributed by atoms with van der Waals surface area (Å²) in [6, 6.07) is -3.94. The van der Waals surface area contributed by atoms with E-state index in [2.05, 4.69) is 54.3 Å². The number of carbonyl (C=O) groups is 4. The topological polar surface area (TPSA) is 175 Å². The molecule has 0 radical (unpaired) electrons. The maximum Gasteiger partial charge on any atom is 0.407 e. The van der Waals surface area contributed by atoms with Crippen LogP contribution in [0.15, 0.2) is 36.6 Å². The summed E-state index contributed by atoms with van der Waals surface area (Å²) < 4.78 is 44.2. The summed E-state index contributed by atoms with van der Waals surface area (Å²) >= 11 is 0. The highest BCUT2D eigenvalue weighted by molar-refractivity contribution is 5.87. The number of hydrogen-bond donors (Lipinski definition) is 4. The van der Waals surface area contributed by atoms with Crippen molar-refractivity contribution in [2.45, 2.75) is 85.5 Å². The minimum atomic E-state index is -0.850. The number of alkyl carbamates (subject to hydrolysis) is 2. The van der Waals surface area contributed by atoms with Gasteiger partial charge in [0.1, 0.15) is 35.1 Å². The monoisotopic (exact) mass is 756 g/mol. The smallest absolute Gasteiger partial charge is 0.407 e. The maximum atomic E-state index is 13.8. The average Bonchev–Trinajstić information content (AvgIpc) is 4.00. The second kappa shape index (κ2) is 17.1. The summed E-state index contributed by atoms with van der Waals surface area (Å²) in [5.41, 5.74) is -0.160. The van der Waals surface area contributed by atoms with E-state index in [-0.39, 0.29) is 64.9 Å². The molecule has 0 aliphatic carbocycles. The van der Waals surface area contributed by atoms with Crippen LogP contribution < -0.4 is 10.6 Å². The lowest BCUT2D eigenvalue weighted by atomic mass is 9.85. The Morgan fingerprint density at radius 2 is 1.22 bits per heavy atom. The van der Waals surface area contributed by atoms with Crippen LogP contribution in [0.5, 0.6) is 0 Å². The number of nitrogens with zero attached hydrogens (tertiary/aromatic N) is 4. The van der Waals surface area contributed by atoms with Gasteiger partial charge in [0.05, 0.1) is 44.2 Å². The molecule has 2 aliphatic heterocycles. The first-order valence-corrected chi connectivity index (χ1v) is 18.3. The zero-order valence-corrected chi connectivity index (χ0v) is 32.8. The summed E-state index contributed by atoms with van der Waals surface area (Å²) in [4.78, 5) is 70.2. The molecule has 55 heavy (non-hydrogen) atoms. The molecule has 4 N–H and O–H groups in total. The summed E-state index contributed by atoms with van der Waals surface area (Å²) in [6.07, 6.45) is 2.82. The van der Waals surface area contributed by atoms with Crippen molar-refractivity contribution in [3.05, 3.63) is 70.7 Å². The molecule has 2 aliphatic rings. The molecular weight excluding hydrogens is 701 g/mol. The first-order valence-electron chi connectivity index (χ1n) is 20.3. The fourth-order valence-electron chi connectivity index (χ4n) is 6.80. The van der Waals surface area contributed by atoms with Crippen molar-refractivity contribution in [1.82, 2.24) is 40.4 Å². The first kappa shape index (κ1) is 35.0. The molecule has 2 saturated heterocycles. The third kappa shape index (κ3) is 9.87. The number of H-pyrrole nitrogens is 2. The van der Waals surface area contributed by atoms with Gasteiger partial charge in [0.15, 0.2) is 0 Å². The highest BCUT2D eigenvalue weighted by Crippen LogP contribution is 2.37.